The predicted molar refractivity (Wildman–Crippen MR) is 51.3 cm³/mol. The fourth-order valence-corrected chi connectivity index (χ4v) is 2.41. The summed E-state index contributed by atoms with van der Waals surface area (Å²) in [7, 11) is 0. The summed E-state index contributed by atoms with van der Waals surface area (Å²) in [6.07, 6.45) is 7.14. The van der Waals surface area contributed by atoms with Gasteiger partial charge in [0.1, 0.15) is 0 Å². The maximum absolute atomic E-state index is 3.45. The highest BCUT2D eigenvalue weighted by molar-refractivity contribution is 4.81. The lowest BCUT2D eigenvalue weighted by Gasteiger charge is -2.26. The number of nitrogens with one attached hydrogen (secondary N) is 1. The minimum absolute atomic E-state index is 0.864. The summed E-state index contributed by atoms with van der Waals surface area (Å²) in [6.45, 7) is 5.18. The highest BCUT2D eigenvalue weighted by Gasteiger charge is 2.22. The van der Waals surface area contributed by atoms with E-state index in [1.807, 2.05) is 0 Å². The molecular weight excluding hydrogens is 148 g/mol. The molecule has 2 heterocycles. The maximum atomic E-state index is 3.45. The van der Waals surface area contributed by atoms with Gasteiger partial charge in [-0.25, -0.2) is 0 Å². The molecule has 1 N–H and O–H groups in total. The number of hydrogen-bond donors (Lipinski definition) is 1. The summed E-state index contributed by atoms with van der Waals surface area (Å²) in [5.41, 5.74) is 0. The van der Waals surface area contributed by atoms with Gasteiger partial charge in [0.15, 0.2) is 0 Å². The van der Waals surface area contributed by atoms with Crippen molar-refractivity contribution in [1.29, 1.82) is 0 Å². The first-order valence-corrected chi connectivity index (χ1v) is 5.41. The average molecular weight is 168 g/mol. The molecular formula is C10H20N2. The molecule has 0 aromatic heterocycles. The van der Waals surface area contributed by atoms with Crippen LogP contribution >= 0.6 is 0 Å². The van der Waals surface area contributed by atoms with Gasteiger partial charge in [-0.2, -0.15) is 0 Å². The Labute approximate surface area is 75.3 Å². The Hall–Kier alpha value is -0.0800. The quantitative estimate of drug-likeness (QED) is 0.633. The van der Waals surface area contributed by atoms with Gasteiger partial charge in [-0.1, -0.05) is 12.8 Å². The molecule has 2 aliphatic rings. The van der Waals surface area contributed by atoms with E-state index >= 15 is 0 Å². The van der Waals surface area contributed by atoms with E-state index in [4.69, 9.17) is 0 Å². The Kier molecular flexibility index (Phi) is 3.01. The van der Waals surface area contributed by atoms with Crippen LogP contribution in [0.25, 0.3) is 0 Å². The molecule has 0 aliphatic carbocycles. The zero-order chi connectivity index (χ0) is 8.23. The molecule has 2 heteroatoms. The lowest BCUT2D eigenvalue weighted by atomic mass is 10.2. The molecule has 0 unspecified atom stereocenters. The summed E-state index contributed by atoms with van der Waals surface area (Å²) < 4.78 is 0. The highest BCUT2D eigenvalue weighted by atomic mass is 15.2. The molecule has 0 radical (unpaired) electrons. The average Bonchev–Trinajstić information content (AvgIpc) is 2.48. The van der Waals surface area contributed by atoms with E-state index in [-0.39, 0.29) is 0 Å². The monoisotopic (exact) mass is 168 g/mol. The summed E-state index contributed by atoms with van der Waals surface area (Å²) in [4.78, 5) is 2.70. The first-order valence-electron chi connectivity index (χ1n) is 5.41. The maximum Gasteiger partial charge on any atom is 0.0232 e. The van der Waals surface area contributed by atoms with Gasteiger partial charge in [0.25, 0.3) is 0 Å². The van der Waals surface area contributed by atoms with E-state index in [1.54, 1.807) is 0 Å². The van der Waals surface area contributed by atoms with E-state index < -0.39 is 0 Å². The molecule has 0 aromatic rings. The minimum atomic E-state index is 0.864. The van der Waals surface area contributed by atoms with Gasteiger partial charge in [-0.15, -0.1) is 0 Å². The largest absolute Gasteiger partial charge is 0.315 e. The normalized spacial score (nSPS) is 33.5. The van der Waals surface area contributed by atoms with Gasteiger partial charge in [0.2, 0.25) is 0 Å². The molecule has 0 bridgehead atoms. The molecule has 1 atom stereocenters. The summed E-state index contributed by atoms with van der Waals surface area (Å²) in [5, 5.41) is 3.45. The van der Waals surface area contributed by atoms with Gasteiger partial charge < -0.3 is 5.32 Å². The van der Waals surface area contributed by atoms with Crippen molar-refractivity contribution in [2.24, 2.45) is 0 Å². The van der Waals surface area contributed by atoms with Crippen LogP contribution < -0.4 is 5.32 Å². The molecule has 0 saturated carbocycles. The lowest BCUT2D eigenvalue weighted by Crippen LogP contribution is -2.37. The second kappa shape index (κ2) is 4.24. The number of rotatable bonds is 1. The van der Waals surface area contributed by atoms with Crippen molar-refractivity contribution in [2.45, 2.75) is 38.1 Å². The third-order valence-corrected chi connectivity index (χ3v) is 3.19. The van der Waals surface area contributed by atoms with Gasteiger partial charge in [0, 0.05) is 12.6 Å². The fourth-order valence-electron chi connectivity index (χ4n) is 2.41. The van der Waals surface area contributed by atoms with Crippen LogP contribution in [0.4, 0.5) is 0 Å². The fraction of sp³-hybridized carbons (Fsp3) is 1.00. The lowest BCUT2D eigenvalue weighted by molar-refractivity contribution is 0.216. The topological polar surface area (TPSA) is 15.3 Å². The Morgan fingerprint density at radius 3 is 2.33 bits per heavy atom. The van der Waals surface area contributed by atoms with Gasteiger partial charge in [0.05, 0.1) is 0 Å². The Balaban J connectivity index is 1.83. The first kappa shape index (κ1) is 8.52. The van der Waals surface area contributed by atoms with Crippen molar-refractivity contribution in [2.75, 3.05) is 26.2 Å². The van der Waals surface area contributed by atoms with Crippen molar-refractivity contribution in [1.82, 2.24) is 10.2 Å². The Bertz CT molecular complexity index is 122. The first-order chi connectivity index (χ1) is 5.97. The second-order valence-electron chi connectivity index (χ2n) is 4.10. The van der Waals surface area contributed by atoms with Crippen molar-refractivity contribution in [3.8, 4) is 0 Å². The van der Waals surface area contributed by atoms with E-state index in [0.717, 1.165) is 6.04 Å². The van der Waals surface area contributed by atoms with Gasteiger partial charge >= 0.3 is 0 Å². The van der Waals surface area contributed by atoms with Crippen LogP contribution in [-0.4, -0.2) is 37.1 Å². The van der Waals surface area contributed by atoms with Crippen molar-refractivity contribution in [3.63, 3.8) is 0 Å². The van der Waals surface area contributed by atoms with E-state index in [9.17, 15) is 0 Å². The number of hydrogen-bond acceptors (Lipinski definition) is 2. The van der Waals surface area contributed by atoms with Crippen molar-refractivity contribution >= 4 is 0 Å². The second-order valence-corrected chi connectivity index (χ2v) is 4.10. The molecule has 2 aliphatic heterocycles. The molecule has 0 spiro atoms. The SMILES string of the molecule is C1CCCN([C@@H]2CCNC2)CC1. The van der Waals surface area contributed by atoms with Crippen LogP contribution in [0.3, 0.4) is 0 Å². The third-order valence-electron chi connectivity index (χ3n) is 3.19. The van der Waals surface area contributed by atoms with Crippen molar-refractivity contribution in [3.05, 3.63) is 0 Å². The van der Waals surface area contributed by atoms with Crippen LogP contribution in [0.5, 0.6) is 0 Å². The zero-order valence-electron chi connectivity index (χ0n) is 7.89. The van der Waals surface area contributed by atoms with E-state index in [0.29, 0.717) is 0 Å². The molecule has 2 nitrogen and oxygen atoms in total. The minimum Gasteiger partial charge on any atom is -0.315 e. The smallest absolute Gasteiger partial charge is 0.0232 e. The summed E-state index contributed by atoms with van der Waals surface area (Å²) in [6, 6.07) is 0.864. The van der Waals surface area contributed by atoms with Crippen LogP contribution in [0.1, 0.15) is 32.1 Å². The van der Waals surface area contributed by atoms with E-state index in [2.05, 4.69) is 10.2 Å². The van der Waals surface area contributed by atoms with Crippen LogP contribution in [0.2, 0.25) is 0 Å². The van der Waals surface area contributed by atoms with Crippen LogP contribution in [0, 0.1) is 0 Å². The molecule has 12 heavy (non-hydrogen) atoms. The summed E-state index contributed by atoms with van der Waals surface area (Å²) >= 11 is 0. The molecule has 0 aromatic carbocycles. The molecule has 2 saturated heterocycles. The number of likely N-dealkylation sites (tertiary alicyclic amines) is 1. The molecule has 70 valence electrons. The zero-order valence-corrected chi connectivity index (χ0v) is 7.89. The standard InChI is InChI=1S/C10H20N2/c1-2-4-8-12(7-3-1)10-5-6-11-9-10/h10-11H,1-9H2/t10-/m1/s1. The molecule has 2 fully saturated rings. The summed E-state index contributed by atoms with van der Waals surface area (Å²) in [5.74, 6) is 0. The van der Waals surface area contributed by atoms with Crippen LogP contribution in [-0.2, 0) is 0 Å². The molecule has 2 rings (SSSR count). The Morgan fingerprint density at radius 2 is 1.75 bits per heavy atom. The predicted octanol–water partition coefficient (Wildman–Crippen LogP) is 1.22. The van der Waals surface area contributed by atoms with E-state index in [1.165, 1.54) is 58.3 Å². The van der Waals surface area contributed by atoms with Crippen LogP contribution in [0.15, 0.2) is 0 Å². The Morgan fingerprint density at radius 1 is 1.00 bits per heavy atom. The van der Waals surface area contributed by atoms with Crippen molar-refractivity contribution < 1.29 is 0 Å². The number of nitrogens with zero attached hydrogens (tertiary/aromatic N) is 1. The third kappa shape index (κ3) is 1.99. The molecule has 0 amide bonds. The highest BCUT2D eigenvalue weighted by Crippen LogP contribution is 2.15. The van der Waals surface area contributed by atoms with Gasteiger partial charge in [-0.3, -0.25) is 4.90 Å². The van der Waals surface area contributed by atoms with Gasteiger partial charge in [-0.05, 0) is 38.9 Å².